The summed E-state index contributed by atoms with van der Waals surface area (Å²) in [7, 11) is 0. The zero-order chi connectivity index (χ0) is 16.1. The minimum Gasteiger partial charge on any atom is -0.450 e. The second-order valence-corrected chi connectivity index (χ2v) is 5.77. The molecule has 0 unspecified atom stereocenters. The van der Waals surface area contributed by atoms with Crippen LogP contribution in [0.2, 0.25) is 0 Å². The fraction of sp³-hybridized carbons (Fsp3) is 0.167. The zero-order valence-corrected chi connectivity index (χ0v) is 12.2. The first-order valence-electron chi connectivity index (χ1n) is 7.38. The molecule has 1 aliphatic rings. The van der Waals surface area contributed by atoms with E-state index in [1.54, 1.807) is 0 Å². The van der Waals surface area contributed by atoms with Crippen molar-refractivity contribution in [2.45, 2.75) is 19.3 Å². The fourth-order valence-corrected chi connectivity index (χ4v) is 3.15. The molecule has 4 rings (SSSR count). The van der Waals surface area contributed by atoms with Gasteiger partial charge in [0.15, 0.2) is 5.76 Å². The Kier molecular flexibility index (Phi) is 2.98. The number of hydrogen-bond acceptors (Lipinski definition) is 3. The van der Waals surface area contributed by atoms with Crippen molar-refractivity contribution < 1.29 is 18.0 Å². The van der Waals surface area contributed by atoms with Crippen LogP contribution in [0.1, 0.15) is 33.7 Å². The van der Waals surface area contributed by atoms with Crippen LogP contribution in [-0.2, 0) is 12.8 Å². The van der Waals surface area contributed by atoms with Crippen molar-refractivity contribution in [3.05, 3.63) is 64.4 Å². The highest BCUT2D eigenvalue weighted by atomic mass is 19.1. The Morgan fingerprint density at radius 2 is 1.83 bits per heavy atom. The lowest BCUT2D eigenvalue weighted by Crippen LogP contribution is -2.06. The largest absolute Gasteiger partial charge is 0.450 e. The Bertz CT molecular complexity index is 959. The van der Waals surface area contributed by atoms with Gasteiger partial charge in [-0.15, -0.1) is 0 Å². The Balaban J connectivity index is 1.85. The molecule has 116 valence electrons. The molecule has 1 heterocycles. The van der Waals surface area contributed by atoms with Gasteiger partial charge in [0.2, 0.25) is 5.78 Å². The Hall–Kier alpha value is -2.69. The number of nitrogens with two attached hydrogens (primary N) is 1. The highest BCUT2D eigenvalue weighted by Crippen LogP contribution is 2.35. The average Bonchev–Trinajstić information content (AvgIpc) is 3.09. The number of halogens is 2. The molecule has 0 aliphatic heterocycles. The first-order chi connectivity index (χ1) is 11.0. The van der Waals surface area contributed by atoms with Crippen LogP contribution in [0.5, 0.6) is 0 Å². The summed E-state index contributed by atoms with van der Waals surface area (Å²) in [6.07, 6.45) is 3.04. The van der Waals surface area contributed by atoms with Crippen molar-refractivity contribution in [3.63, 3.8) is 0 Å². The molecule has 1 aliphatic carbocycles. The normalized spacial score (nSPS) is 13.5. The summed E-state index contributed by atoms with van der Waals surface area (Å²) < 4.78 is 32.4. The van der Waals surface area contributed by atoms with Crippen molar-refractivity contribution in [2.24, 2.45) is 0 Å². The van der Waals surface area contributed by atoms with Crippen LogP contribution >= 0.6 is 0 Å². The van der Waals surface area contributed by atoms with Crippen LogP contribution in [-0.4, -0.2) is 5.78 Å². The molecular formula is C18H13F2NO2. The third-order valence-electron chi connectivity index (χ3n) is 4.32. The molecule has 0 spiro atoms. The molecule has 1 aromatic heterocycles. The Morgan fingerprint density at radius 1 is 1.09 bits per heavy atom. The molecule has 0 amide bonds. The highest BCUT2D eigenvalue weighted by Gasteiger charge is 2.24. The summed E-state index contributed by atoms with van der Waals surface area (Å²) in [5.41, 5.74) is 8.90. The van der Waals surface area contributed by atoms with Gasteiger partial charge in [0.05, 0.1) is 11.3 Å². The standard InChI is InChI=1S/C18H13F2NO2/c19-11-4-5-12(14(20)8-11)17(22)18-16(21)13-6-9-2-1-3-10(9)7-15(13)23-18/h4-8H,1-3,21H2. The number of anilines is 1. The monoisotopic (exact) mass is 313 g/mol. The number of benzene rings is 2. The summed E-state index contributed by atoms with van der Waals surface area (Å²) in [6, 6.07) is 6.63. The maximum absolute atomic E-state index is 13.8. The molecule has 3 nitrogen and oxygen atoms in total. The number of ketones is 1. The molecule has 0 radical (unpaired) electrons. The van der Waals surface area contributed by atoms with E-state index in [1.165, 1.54) is 11.1 Å². The van der Waals surface area contributed by atoms with Crippen LogP contribution < -0.4 is 5.73 Å². The van der Waals surface area contributed by atoms with Gasteiger partial charge >= 0.3 is 0 Å². The molecular weight excluding hydrogens is 300 g/mol. The van der Waals surface area contributed by atoms with Gasteiger partial charge < -0.3 is 10.2 Å². The third kappa shape index (κ3) is 2.11. The van der Waals surface area contributed by atoms with E-state index in [0.29, 0.717) is 17.0 Å². The quantitative estimate of drug-likeness (QED) is 0.727. The van der Waals surface area contributed by atoms with Gasteiger partial charge in [-0.25, -0.2) is 8.78 Å². The van der Waals surface area contributed by atoms with Gasteiger partial charge in [0, 0.05) is 11.5 Å². The Morgan fingerprint density at radius 3 is 2.57 bits per heavy atom. The summed E-state index contributed by atoms with van der Waals surface area (Å²) in [4.78, 5) is 12.5. The molecule has 0 saturated heterocycles. The predicted octanol–water partition coefficient (Wildman–Crippen LogP) is 4.01. The van der Waals surface area contributed by atoms with E-state index < -0.39 is 17.4 Å². The van der Waals surface area contributed by atoms with Crippen molar-refractivity contribution in [2.75, 3.05) is 5.73 Å². The lowest BCUT2D eigenvalue weighted by molar-refractivity contribution is 0.101. The minimum atomic E-state index is -0.933. The van der Waals surface area contributed by atoms with E-state index in [1.807, 2.05) is 12.1 Å². The average molecular weight is 313 g/mol. The predicted molar refractivity (Wildman–Crippen MR) is 82.4 cm³/mol. The first-order valence-corrected chi connectivity index (χ1v) is 7.38. The van der Waals surface area contributed by atoms with Gasteiger partial charge in [0.1, 0.15) is 17.2 Å². The molecule has 0 bridgehead atoms. The molecule has 23 heavy (non-hydrogen) atoms. The zero-order valence-electron chi connectivity index (χ0n) is 12.2. The topological polar surface area (TPSA) is 56.2 Å². The van der Waals surface area contributed by atoms with E-state index in [-0.39, 0.29) is 17.0 Å². The van der Waals surface area contributed by atoms with Crippen molar-refractivity contribution in [1.29, 1.82) is 0 Å². The van der Waals surface area contributed by atoms with E-state index in [4.69, 9.17) is 10.2 Å². The molecule has 3 aromatic rings. The third-order valence-corrected chi connectivity index (χ3v) is 4.32. The minimum absolute atomic E-state index is 0.103. The van der Waals surface area contributed by atoms with Crippen molar-refractivity contribution >= 4 is 22.4 Å². The van der Waals surface area contributed by atoms with E-state index >= 15 is 0 Å². The lowest BCUT2D eigenvalue weighted by Gasteiger charge is -2.01. The van der Waals surface area contributed by atoms with E-state index in [0.717, 1.165) is 31.4 Å². The van der Waals surface area contributed by atoms with Crippen molar-refractivity contribution in [3.8, 4) is 0 Å². The summed E-state index contributed by atoms with van der Waals surface area (Å²) in [5.74, 6) is -2.46. The van der Waals surface area contributed by atoms with Crippen LogP contribution in [0.25, 0.3) is 11.0 Å². The fourth-order valence-electron chi connectivity index (χ4n) is 3.15. The number of hydrogen-bond donors (Lipinski definition) is 1. The lowest BCUT2D eigenvalue weighted by atomic mass is 10.0. The summed E-state index contributed by atoms with van der Waals surface area (Å²) in [5, 5.41) is 0.663. The molecule has 5 heteroatoms. The second kappa shape index (κ2) is 4.91. The van der Waals surface area contributed by atoms with Crippen LogP contribution in [0, 0.1) is 11.6 Å². The van der Waals surface area contributed by atoms with E-state index in [2.05, 4.69) is 0 Å². The Labute approximate surface area is 130 Å². The van der Waals surface area contributed by atoms with Gasteiger partial charge in [-0.05, 0) is 54.7 Å². The smallest absolute Gasteiger partial charge is 0.233 e. The molecule has 2 N–H and O–H groups in total. The summed E-state index contributed by atoms with van der Waals surface area (Å²) in [6.45, 7) is 0. The van der Waals surface area contributed by atoms with Gasteiger partial charge in [-0.1, -0.05) is 0 Å². The van der Waals surface area contributed by atoms with Crippen LogP contribution in [0.3, 0.4) is 0 Å². The van der Waals surface area contributed by atoms with Gasteiger partial charge in [0.25, 0.3) is 0 Å². The molecule has 0 atom stereocenters. The number of nitrogen functional groups attached to an aromatic ring is 1. The van der Waals surface area contributed by atoms with Crippen LogP contribution in [0.4, 0.5) is 14.5 Å². The number of aryl methyl sites for hydroxylation is 2. The molecule has 0 saturated carbocycles. The molecule has 2 aromatic carbocycles. The van der Waals surface area contributed by atoms with Crippen molar-refractivity contribution in [1.82, 2.24) is 0 Å². The van der Waals surface area contributed by atoms with Gasteiger partial charge in [-0.2, -0.15) is 0 Å². The number of rotatable bonds is 2. The second-order valence-electron chi connectivity index (χ2n) is 5.77. The maximum atomic E-state index is 13.8. The molecule has 0 fully saturated rings. The van der Waals surface area contributed by atoms with Crippen LogP contribution in [0.15, 0.2) is 34.7 Å². The maximum Gasteiger partial charge on any atom is 0.233 e. The number of carbonyl (C=O) groups is 1. The first kappa shape index (κ1) is 13.9. The SMILES string of the molecule is Nc1c(C(=O)c2ccc(F)cc2F)oc2cc3c(cc12)CCC3. The number of fused-ring (bicyclic) bond motifs is 2. The highest BCUT2D eigenvalue weighted by molar-refractivity contribution is 6.14. The number of furan rings is 1. The number of carbonyl (C=O) groups excluding carboxylic acids is 1. The summed E-state index contributed by atoms with van der Waals surface area (Å²) >= 11 is 0. The van der Waals surface area contributed by atoms with E-state index in [9.17, 15) is 13.6 Å². The van der Waals surface area contributed by atoms with Gasteiger partial charge in [-0.3, -0.25) is 4.79 Å².